The summed E-state index contributed by atoms with van der Waals surface area (Å²) in [4.78, 5) is 0. The first kappa shape index (κ1) is 7.91. The molecule has 1 unspecified atom stereocenters. The predicted molar refractivity (Wildman–Crippen MR) is 36.1 cm³/mol. The third kappa shape index (κ3) is 6.91. The number of hydrogen-bond acceptors (Lipinski definition) is 3. The predicted octanol–water partition coefficient (Wildman–Crippen LogP) is 2.56. The average molecular weight is 155 g/mol. The standard InChI is InChI=1S/C2H4O2P2S/c1-2-5-4-6-7-3/h6H,1H3/p+1. The van der Waals surface area contributed by atoms with Crippen molar-refractivity contribution in [1.29, 1.82) is 0 Å². The van der Waals surface area contributed by atoms with Gasteiger partial charge < -0.3 is 0 Å². The van der Waals surface area contributed by atoms with Crippen LogP contribution in [0, 0.1) is 5.63 Å². The van der Waals surface area contributed by atoms with Gasteiger partial charge in [-0.1, -0.05) is 0 Å². The zero-order valence-corrected chi connectivity index (χ0v) is 6.42. The monoisotopic (exact) mass is 155 g/mol. The van der Waals surface area contributed by atoms with E-state index in [1.54, 1.807) is 6.92 Å². The fourth-order valence-corrected chi connectivity index (χ4v) is 1.36. The van der Waals surface area contributed by atoms with Crippen LogP contribution >= 0.6 is 27.9 Å². The van der Waals surface area contributed by atoms with E-state index in [1.165, 1.54) is 0 Å². The van der Waals surface area contributed by atoms with Gasteiger partial charge >= 0.3 is 49.3 Å². The molecule has 0 aliphatic rings. The molecule has 40 valence electrons. The summed E-state index contributed by atoms with van der Waals surface area (Å²) in [5.41, 5.74) is 2.74. The molecule has 0 rings (SSSR count). The maximum absolute atomic E-state index is 8.06. The van der Waals surface area contributed by atoms with Gasteiger partial charge in [0.05, 0.1) is 0 Å². The summed E-state index contributed by atoms with van der Waals surface area (Å²) in [6.07, 6.45) is 0. The third-order valence-electron chi connectivity index (χ3n) is 0.211. The molecule has 1 atom stereocenters. The van der Waals surface area contributed by atoms with E-state index in [1.807, 2.05) is 0 Å². The van der Waals surface area contributed by atoms with E-state index in [0.29, 0.717) is 19.9 Å². The SMILES string of the molecule is CC#[P+]OPSO. The molecule has 0 aliphatic heterocycles. The molecule has 0 bridgehead atoms. The summed E-state index contributed by atoms with van der Waals surface area (Å²) in [6.45, 7) is 1.77. The van der Waals surface area contributed by atoms with Crippen molar-refractivity contribution in [1.82, 2.24) is 0 Å². The fourth-order valence-electron chi connectivity index (χ4n) is 0.0809. The molecule has 0 aromatic carbocycles. The van der Waals surface area contributed by atoms with Crippen LogP contribution in [0.3, 0.4) is 0 Å². The normalized spacial score (nSPS) is 9.43. The topological polar surface area (TPSA) is 29.5 Å². The van der Waals surface area contributed by atoms with E-state index in [9.17, 15) is 0 Å². The molecule has 0 saturated heterocycles. The Morgan fingerprint density at radius 3 is 3.14 bits per heavy atom. The van der Waals surface area contributed by atoms with Gasteiger partial charge in [-0.3, -0.25) is 0 Å². The van der Waals surface area contributed by atoms with Crippen molar-refractivity contribution < 1.29 is 8.86 Å². The first-order valence-electron chi connectivity index (χ1n) is 1.50. The molecule has 0 amide bonds. The Labute approximate surface area is 50.0 Å². The summed E-state index contributed by atoms with van der Waals surface area (Å²) >= 11 is 0.700. The van der Waals surface area contributed by atoms with Gasteiger partial charge in [0.15, 0.2) is 0 Å². The molecule has 0 aromatic heterocycles. The Morgan fingerprint density at radius 2 is 2.71 bits per heavy atom. The average Bonchev–Trinajstić information content (AvgIpc) is 1.69. The van der Waals surface area contributed by atoms with Crippen LogP contribution in [0.1, 0.15) is 6.92 Å². The summed E-state index contributed by atoms with van der Waals surface area (Å²) in [5.74, 6) is 0. The van der Waals surface area contributed by atoms with E-state index in [0.717, 1.165) is 0 Å². The van der Waals surface area contributed by atoms with Crippen LogP contribution in [0.4, 0.5) is 0 Å². The van der Waals surface area contributed by atoms with Crippen molar-refractivity contribution in [3.05, 3.63) is 0 Å². The summed E-state index contributed by atoms with van der Waals surface area (Å²) in [7, 11) is 0.828. The van der Waals surface area contributed by atoms with Crippen LogP contribution < -0.4 is 0 Å². The summed E-state index contributed by atoms with van der Waals surface area (Å²) < 4.78 is 12.8. The van der Waals surface area contributed by atoms with Gasteiger partial charge in [0.1, 0.15) is 0 Å². The molecule has 0 fully saturated rings. The molecule has 0 saturated carbocycles. The number of hydrogen-bond donors (Lipinski definition) is 1. The molecule has 2 nitrogen and oxygen atoms in total. The van der Waals surface area contributed by atoms with Crippen molar-refractivity contribution in [2.75, 3.05) is 0 Å². The summed E-state index contributed by atoms with van der Waals surface area (Å²) in [5, 5.41) is 0. The Kier molecular flexibility index (Phi) is 7.81. The minimum absolute atomic E-state index is 0.119. The molecule has 0 aliphatic carbocycles. The van der Waals surface area contributed by atoms with Gasteiger partial charge in [-0.05, 0) is 0 Å². The first-order chi connectivity index (χ1) is 3.41. The van der Waals surface area contributed by atoms with Gasteiger partial charge in [-0.25, -0.2) is 0 Å². The Balaban J connectivity index is 2.78. The molecule has 5 heteroatoms. The van der Waals surface area contributed by atoms with Crippen LogP contribution in [0.25, 0.3) is 0 Å². The van der Waals surface area contributed by atoms with Crippen molar-refractivity contribution in [3.8, 4) is 5.63 Å². The molecule has 1 N–H and O–H groups in total. The van der Waals surface area contributed by atoms with Gasteiger partial charge in [-0.15, -0.1) is 0 Å². The van der Waals surface area contributed by atoms with Gasteiger partial charge in [0.25, 0.3) is 0 Å². The van der Waals surface area contributed by atoms with Crippen molar-refractivity contribution in [2.24, 2.45) is 0 Å². The quantitative estimate of drug-likeness (QED) is 0.377. The Morgan fingerprint density at radius 1 is 2.00 bits per heavy atom. The van der Waals surface area contributed by atoms with Gasteiger partial charge in [-0.2, -0.15) is 0 Å². The molecular weight excluding hydrogens is 150 g/mol. The fraction of sp³-hybridized carbons (Fsp3) is 0.500. The maximum atomic E-state index is 8.06. The minimum atomic E-state index is 0.119. The van der Waals surface area contributed by atoms with Gasteiger partial charge in [0.2, 0.25) is 0 Å². The molecule has 0 radical (unpaired) electrons. The van der Waals surface area contributed by atoms with Crippen LogP contribution in [0.5, 0.6) is 0 Å². The summed E-state index contributed by atoms with van der Waals surface area (Å²) in [6, 6.07) is 0. The Bertz CT molecular complexity index is 85.4. The van der Waals surface area contributed by atoms with E-state index in [-0.39, 0.29) is 8.01 Å². The molecule has 7 heavy (non-hydrogen) atoms. The molecular formula is C2H5O2P2S+. The second kappa shape index (κ2) is 6.91. The zero-order chi connectivity index (χ0) is 5.54. The van der Waals surface area contributed by atoms with E-state index in [4.69, 9.17) is 8.86 Å². The Hall–Kier alpha value is 0.910. The van der Waals surface area contributed by atoms with Crippen molar-refractivity contribution in [2.45, 2.75) is 6.92 Å². The molecule has 0 spiro atoms. The molecule has 0 aromatic rings. The van der Waals surface area contributed by atoms with Crippen LogP contribution in [-0.4, -0.2) is 4.55 Å². The van der Waals surface area contributed by atoms with Gasteiger partial charge in [0, 0.05) is 0 Å². The van der Waals surface area contributed by atoms with Crippen LogP contribution in [0.15, 0.2) is 0 Å². The van der Waals surface area contributed by atoms with E-state index >= 15 is 0 Å². The van der Waals surface area contributed by atoms with Crippen LogP contribution in [0.2, 0.25) is 0 Å². The van der Waals surface area contributed by atoms with Crippen LogP contribution in [-0.2, 0) is 4.31 Å². The third-order valence-corrected chi connectivity index (χ3v) is 2.03. The second-order valence-corrected chi connectivity index (χ2v) is 3.34. The van der Waals surface area contributed by atoms with Crippen molar-refractivity contribution in [3.63, 3.8) is 0 Å². The van der Waals surface area contributed by atoms with Crippen molar-refractivity contribution >= 4 is 27.9 Å². The number of rotatable bonds is 2. The zero-order valence-electron chi connectivity index (χ0n) is 3.71. The molecule has 0 heterocycles. The second-order valence-electron chi connectivity index (χ2n) is 0.581. The van der Waals surface area contributed by atoms with E-state index < -0.39 is 0 Å². The first-order valence-corrected chi connectivity index (χ1v) is 4.72. The van der Waals surface area contributed by atoms with E-state index in [2.05, 4.69) is 5.63 Å².